The molecule has 0 fully saturated rings. The quantitative estimate of drug-likeness (QED) is 0.445. The summed E-state index contributed by atoms with van der Waals surface area (Å²) in [6.07, 6.45) is 0.702. The maximum atomic E-state index is 11.2. The highest BCUT2D eigenvalue weighted by Crippen LogP contribution is 2.31. The first-order chi connectivity index (χ1) is 12.8. The van der Waals surface area contributed by atoms with Crippen molar-refractivity contribution < 1.29 is 24.1 Å². The summed E-state index contributed by atoms with van der Waals surface area (Å²) < 4.78 is 16.2. The summed E-state index contributed by atoms with van der Waals surface area (Å²) in [7, 11) is 3.27. The number of aliphatic hydroxyl groups excluding tert-OH is 1. The number of primary amides is 1. The Morgan fingerprint density at radius 2 is 1.89 bits per heavy atom. The van der Waals surface area contributed by atoms with Crippen LogP contribution in [0.2, 0.25) is 0 Å². The molecule has 3 unspecified atom stereocenters. The maximum absolute atomic E-state index is 11.2. The van der Waals surface area contributed by atoms with E-state index < -0.39 is 18.1 Å². The van der Waals surface area contributed by atoms with Gasteiger partial charge < -0.3 is 30.8 Å². The van der Waals surface area contributed by atoms with Gasteiger partial charge in [-0.25, -0.2) is 0 Å². The number of carbonyl (C=O) groups excluding carboxylic acids is 1. The van der Waals surface area contributed by atoms with Crippen molar-refractivity contribution in [3.63, 3.8) is 0 Å². The molecule has 0 saturated heterocycles. The Morgan fingerprint density at radius 3 is 2.44 bits per heavy atom. The number of ether oxygens (including phenoxy) is 3. The normalized spacial score (nSPS) is 14.6. The van der Waals surface area contributed by atoms with Gasteiger partial charge in [-0.2, -0.15) is 0 Å². The van der Waals surface area contributed by atoms with Crippen LogP contribution in [0.15, 0.2) is 18.2 Å². The number of nitrogens with two attached hydrogens (primary N) is 2. The predicted octanol–water partition coefficient (Wildman–Crippen LogP) is 1.49. The molecule has 7 nitrogen and oxygen atoms in total. The number of methoxy groups -OCH3 is 2. The van der Waals surface area contributed by atoms with Crippen molar-refractivity contribution in [2.24, 2.45) is 23.3 Å². The Kier molecular flexibility index (Phi) is 10.1. The van der Waals surface area contributed by atoms with Crippen LogP contribution in [0.25, 0.3) is 0 Å². The highest BCUT2D eigenvalue weighted by atomic mass is 16.5. The van der Waals surface area contributed by atoms with Gasteiger partial charge in [0.1, 0.15) is 6.10 Å². The molecule has 0 spiro atoms. The molecule has 27 heavy (non-hydrogen) atoms. The van der Waals surface area contributed by atoms with Gasteiger partial charge in [0.15, 0.2) is 11.5 Å². The minimum atomic E-state index is -1.33. The second kappa shape index (κ2) is 11.8. The average molecular weight is 383 g/mol. The van der Waals surface area contributed by atoms with Crippen molar-refractivity contribution in [2.45, 2.75) is 45.3 Å². The van der Waals surface area contributed by atoms with E-state index in [2.05, 4.69) is 13.8 Å². The zero-order valence-electron chi connectivity index (χ0n) is 16.8. The van der Waals surface area contributed by atoms with Crippen molar-refractivity contribution in [1.82, 2.24) is 0 Å². The molecule has 1 rings (SSSR count). The number of hydrogen-bond acceptors (Lipinski definition) is 6. The van der Waals surface area contributed by atoms with Crippen molar-refractivity contribution in [3.8, 4) is 11.5 Å². The molecule has 0 aliphatic rings. The number of benzene rings is 1. The zero-order chi connectivity index (χ0) is 20.4. The van der Waals surface area contributed by atoms with E-state index in [1.54, 1.807) is 14.2 Å². The molecule has 0 aromatic heterocycles. The smallest absolute Gasteiger partial charge is 0.247 e. The Bertz CT molecular complexity index is 579. The summed E-state index contributed by atoms with van der Waals surface area (Å²) in [5.41, 5.74) is 12.2. The number of amides is 1. The number of carbonyl (C=O) groups is 1. The van der Waals surface area contributed by atoms with Crippen molar-refractivity contribution in [2.75, 3.05) is 27.4 Å². The zero-order valence-corrected chi connectivity index (χ0v) is 16.8. The second-order valence-electron chi connectivity index (χ2n) is 7.14. The van der Waals surface area contributed by atoms with Gasteiger partial charge in [-0.1, -0.05) is 19.9 Å². The minimum absolute atomic E-state index is 0.184. The molecule has 5 N–H and O–H groups in total. The van der Waals surface area contributed by atoms with Crippen LogP contribution in [0.3, 0.4) is 0 Å². The highest BCUT2D eigenvalue weighted by molar-refractivity contribution is 5.79. The van der Waals surface area contributed by atoms with Gasteiger partial charge in [0.05, 0.1) is 13.7 Å². The molecule has 0 heterocycles. The van der Waals surface area contributed by atoms with Gasteiger partial charge in [-0.05, 0) is 42.4 Å². The van der Waals surface area contributed by atoms with Crippen molar-refractivity contribution in [1.29, 1.82) is 0 Å². The molecule has 1 amide bonds. The molecular weight excluding hydrogens is 348 g/mol. The Hall–Kier alpha value is -1.83. The molecule has 1 aromatic carbocycles. The lowest BCUT2D eigenvalue weighted by Crippen LogP contribution is -2.45. The van der Waals surface area contributed by atoms with Crippen LogP contribution >= 0.6 is 0 Å². The molecule has 0 saturated carbocycles. The van der Waals surface area contributed by atoms with Gasteiger partial charge in [-0.3, -0.25) is 4.79 Å². The predicted molar refractivity (Wildman–Crippen MR) is 105 cm³/mol. The molecule has 0 aliphatic heterocycles. The SMILES string of the molecule is COCCCOc1cc(CC(CC(N)C(O)C(N)=O)C(C)C)ccc1OC. The number of rotatable bonds is 13. The number of aliphatic hydroxyl groups is 1. The minimum Gasteiger partial charge on any atom is -0.493 e. The van der Waals surface area contributed by atoms with Gasteiger partial charge >= 0.3 is 0 Å². The lowest BCUT2D eigenvalue weighted by atomic mass is 9.83. The lowest BCUT2D eigenvalue weighted by Gasteiger charge is -2.26. The maximum Gasteiger partial charge on any atom is 0.247 e. The Balaban J connectivity index is 2.84. The van der Waals surface area contributed by atoms with E-state index in [0.29, 0.717) is 37.1 Å². The first-order valence-corrected chi connectivity index (χ1v) is 9.31. The van der Waals surface area contributed by atoms with Gasteiger partial charge in [0.25, 0.3) is 0 Å². The fourth-order valence-corrected chi connectivity index (χ4v) is 2.93. The molecular formula is C20H34N2O5. The summed E-state index contributed by atoms with van der Waals surface area (Å²) in [4.78, 5) is 11.2. The Labute approximate surface area is 162 Å². The third kappa shape index (κ3) is 7.74. The van der Waals surface area contributed by atoms with Crippen LogP contribution in [-0.2, 0) is 16.0 Å². The van der Waals surface area contributed by atoms with E-state index in [0.717, 1.165) is 18.4 Å². The van der Waals surface area contributed by atoms with Crippen LogP contribution in [0.5, 0.6) is 11.5 Å². The van der Waals surface area contributed by atoms with Gasteiger partial charge in [0, 0.05) is 26.2 Å². The fraction of sp³-hybridized carbons (Fsp3) is 0.650. The second-order valence-corrected chi connectivity index (χ2v) is 7.14. The largest absolute Gasteiger partial charge is 0.493 e. The van der Waals surface area contributed by atoms with E-state index in [1.807, 2.05) is 18.2 Å². The van der Waals surface area contributed by atoms with Gasteiger partial charge in [0.2, 0.25) is 5.91 Å². The molecule has 0 bridgehead atoms. The van der Waals surface area contributed by atoms with Crippen molar-refractivity contribution >= 4 is 5.91 Å². The lowest BCUT2D eigenvalue weighted by molar-refractivity contribution is -0.127. The number of hydrogen-bond donors (Lipinski definition) is 3. The summed E-state index contributed by atoms with van der Waals surface area (Å²) in [5, 5.41) is 9.80. The third-order valence-corrected chi connectivity index (χ3v) is 4.69. The first-order valence-electron chi connectivity index (χ1n) is 9.31. The topological polar surface area (TPSA) is 117 Å². The Morgan fingerprint density at radius 1 is 1.19 bits per heavy atom. The highest BCUT2D eigenvalue weighted by Gasteiger charge is 2.25. The summed E-state index contributed by atoms with van der Waals surface area (Å²) in [5.74, 6) is 1.09. The van der Waals surface area contributed by atoms with E-state index in [1.165, 1.54) is 0 Å². The molecule has 1 aromatic rings. The van der Waals surface area contributed by atoms with E-state index >= 15 is 0 Å². The standard InChI is InChI=1S/C20H34N2O5/c1-13(2)15(12-16(21)19(23)20(22)24)10-14-6-7-17(26-4)18(11-14)27-9-5-8-25-3/h6-7,11,13,15-16,19,23H,5,8-10,12,21H2,1-4H3,(H2,22,24). The monoisotopic (exact) mass is 382 g/mol. The van der Waals surface area contributed by atoms with Crippen LogP contribution < -0.4 is 20.9 Å². The first kappa shape index (κ1) is 23.2. The van der Waals surface area contributed by atoms with E-state index in [-0.39, 0.29) is 5.92 Å². The molecule has 7 heteroatoms. The summed E-state index contributed by atoms with van der Waals surface area (Å²) >= 11 is 0. The van der Waals surface area contributed by atoms with Crippen LogP contribution in [0, 0.1) is 11.8 Å². The molecule has 154 valence electrons. The summed E-state index contributed by atoms with van der Waals surface area (Å²) in [6.45, 7) is 5.37. The van der Waals surface area contributed by atoms with E-state index in [4.69, 9.17) is 25.7 Å². The average Bonchev–Trinajstić information content (AvgIpc) is 2.63. The fourth-order valence-electron chi connectivity index (χ4n) is 2.93. The summed E-state index contributed by atoms with van der Waals surface area (Å²) in [6, 6.07) is 5.16. The molecule has 3 atom stereocenters. The van der Waals surface area contributed by atoms with Crippen LogP contribution in [-0.4, -0.2) is 50.6 Å². The van der Waals surface area contributed by atoms with Crippen molar-refractivity contribution in [3.05, 3.63) is 23.8 Å². The third-order valence-electron chi connectivity index (χ3n) is 4.69. The van der Waals surface area contributed by atoms with Crippen LogP contribution in [0.4, 0.5) is 0 Å². The van der Waals surface area contributed by atoms with Crippen LogP contribution in [0.1, 0.15) is 32.3 Å². The molecule has 0 radical (unpaired) electrons. The molecule has 0 aliphatic carbocycles. The van der Waals surface area contributed by atoms with E-state index in [9.17, 15) is 9.90 Å². The van der Waals surface area contributed by atoms with Gasteiger partial charge in [-0.15, -0.1) is 0 Å².